The van der Waals surface area contributed by atoms with Gasteiger partial charge in [0.15, 0.2) is 5.65 Å². The molecule has 0 aliphatic heterocycles. The number of nitrogens with one attached hydrogen (secondary N) is 1. The molecule has 0 spiro atoms. The van der Waals surface area contributed by atoms with Crippen LogP contribution in [0.15, 0.2) is 12.1 Å². The Morgan fingerprint density at radius 1 is 1.21 bits per heavy atom. The molecule has 2 aromatic heterocycles. The number of unbranched alkanes of at least 4 members (excludes halogenated alkanes) is 1. The van der Waals surface area contributed by atoms with Gasteiger partial charge in [0.25, 0.3) is 0 Å². The van der Waals surface area contributed by atoms with Gasteiger partial charge in [-0.25, -0.2) is 0 Å². The average molecular weight is 266 g/mol. The maximum Gasteiger partial charge on any atom is 0.200 e. The average Bonchev–Trinajstić information content (AvgIpc) is 2.89. The first-order valence-electron chi connectivity index (χ1n) is 6.26. The molecular weight excluding hydrogens is 248 g/mol. The summed E-state index contributed by atoms with van der Waals surface area (Å²) in [5.41, 5.74) is 0.636. The first-order valence-corrected chi connectivity index (χ1v) is 6.26. The van der Waals surface area contributed by atoms with Gasteiger partial charge in [0.05, 0.1) is 13.2 Å². The zero-order valence-corrected chi connectivity index (χ0v) is 10.9. The minimum atomic E-state index is 0.636. The van der Waals surface area contributed by atoms with E-state index in [2.05, 4.69) is 25.9 Å². The van der Waals surface area contributed by atoms with Crippen LogP contribution in [0, 0.1) is 0 Å². The third-order valence-electron chi connectivity index (χ3n) is 2.52. The monoisotopic (exact) mass is 266 g/mol. The van der Waals surface area contributed by atoms with Gasteiger partial charge in [-0.15, -0.1) is 14.8 Å². The molecule has 0 fully saturated rings. The summed E-state index contributed by atoms with van der Waals surface area (Å²) in [6, 6.07) is 3.68. The summed E-state index contributed by atoms with van der Waals surface area (Å²) in [4.78, 5) is 0. The van der Waals surface area contributed by atoms with Gasteiger partial charge in [0, 0.05) is 20.3 Å². The summed E-state index contributed by atoms with van der Waals surface area (Å²) in [6.45, 7) is 2.90. The van der Waals surface area contributed by atoms with Gasteiger partial charge in [-0.3, -0.25) is 0 Å². The van der Waals surface area contributed by atoms with Crippen LogP contribution in [0.5, 0.6) is 0 Å². The molecule has 0 saturated heterocycles. The van der Waals surface area contributed by atoms with Crippen LogP contribution in [0.1, 0.15) is 12.8 Å². The predicted octanol–water partition coefficient (Wildman–Crippen LogP) is 0.374. The fraction of sp³-hybridized carbons (Fsp3) is 0.636. The molecular formula is C11H18N6O2. The van der Waals surface area contributed by atoms with Gasteiger partial charge in [-0.2, -0.15) is 0 Å². The van der Waals surface area contributed by atoms with Crippen LogP contribution < -0.4 is 5.32 Å². The van der Waals surface area contributed by atoms with Crippen LogP contribution in [0.25, 0.3) is 5.65 Å². The van der Waals surface area contributed by atoms with E-state index in [-0.39, 0.29) is 0 Å². The van der Waals surface area contributed by atoms with Crippen molar-refractivity contribution in [1.82, 2.24) is 25.3 Å². The smallest absolute Gasteiger partial charge is 0.200 e. The van der Waals surface area contributed by atoms with Crippen molar-refractivity contribution in [1.29, 1.82) is 0 Å². The number of anilines is 1. The van der Waals surface area contributed by atoms with Crippen molar-refractivity contribution in [3.05, 3.63) is 12.1 Å². The minimum Gasteiger partial charge on any atom is -0.382 e. The van der Waals surface area contributed by atoms with Gasteiger partial charge in [0.2, 0.25) is 0 Å². The van der Waals surface area contributed by atoms with Crippen molar-refractivity contribution >= 4 is 11.5 Å². The number of ether oxygens (including phenoxy) is 2. The Morgan fingerprint density at radius 3 is 3.05 bits per heavy atom. The number of hydrogen-bond donors (Lipinski definition) is 1. The molecule has 0 amide bonds. The number of fused-ring (bicyclic) bond motifs is 1. The molecule has 0 radical (unpaired) electrons. The molecule has 2 rings (SSSR count). The summed E-state index contributed by atoms with van der Waals surface area (Å²) in [5.74, 6) is 0.764. The highest BCUT2D eigenvalue weighted by atomic mass is 16.5. The molecule has 0 aliphatic rings. The number of rotatable bonds is 9. The van der Waals surface area contributed by atoms with Crippen LogP contribution in [-0.4, -0.2) is 58.7 Å². The van der Waals surface area contributed by atoms with E-state index in [9.17, 15) is 0 Å². The van der Waals surface area contributed by atoms with E-state index in [4.69, 9.17) is 9.47 Å². The lowest BCUT2D eigenvalue weighted by atomic mass is 10.3. The number of methoxy groups -OCH3 is 1. The molecule has 2 heterocycles. The summed E-state index contributed by atoms with van der Waals surface area (Å²) < 4.78 is 11.7. The molecule has 1 N–H and O–H groups in total. The van der Waals surface area contributed by atoms with Crippen LogP contribution >= 0.6 is 0 Å². The fourth-order valence-corrected chi connectivity index (χ4v) is 1.53. The fourth-order valence-electron chi connectivity index (χ4n) is 1.53. The molecule has 8 nitrogen and oxygen atoms in total. The molecule has 0 saturated carbocycles. The third-order valence-corrected chi connectivity index (χ3v) is 2.52. The highest BCUT2D eigenvalue weighted by Crippen LogP contribution is 2.03. The maximum absolute atomic E-state index is 5.37. The highest BCUT2D eigenvalue weighted by molar-refractivity contribution is 5.41. The Balaban J connectivity index is 1.60. The first kappa shape index (κ1) is 13.6. The van der Waals surface area contributed by atoms with Crippen LogP contribution in [0.4, 0.5) is 5.82 Å². The number of nitrogens with zero attached hydrogens (tertiary/aromatic N) is 5. The normalized spacial score (nSPS) is 11.0. The lowest BCUT2D eigenvalue weighted by Crippen LogP contribution is -2.08. The van der Waals surface area contributed by atoms with Gasteiger partial charge < -0.3 is 14.8 Å². The Morgan fingerprint density at radius 2 is 2.16 bits per heavy atom. The van der Waals surface area contributed by atoms with Gasteiger partial charge in [-0.1, -0.05) is 0 Å². The van der Waals surface area contributed by atoms with Crippen molar-refractivity contribution in [2.75, 3.05) is 38.8 Å². The highest BCUT2D eigenvalue weighted by Gasteiger charge is 1.99. The molecule has 19 heavy (non-hydrogen) atoms. The van der Waals surface area contributed by atoms with Gasteiger partial charge in [-0.05, 0) is 35.4 Å². The summed E-state index contributed by atoms with van der Waals surface area (Å²) >= 11 is 0. The third kappa shape index (κ3) is 4.42. The Bertz CT molecular complexity index is 489. The van der Waals surface area contributed by atoms with Crippen LogP contribution in [0.2, 0.25) is 0 Å². The van der Waals surface area contributed by atoms with E-state index in [0.29, 0.717) is 18.9 Å². The van der Waals surface area contributed by atoms with Gasteiger partial charge in [0.1, 0.15) is 5.82 Å². The quantitative estimate of drug-likeness (QED) is 0.656. The van der Waals surface area contributed by atoms with Crippen molar-refractivity contribution in [3.63, 3.8) is 0 Å². The largest absolute Gasteiger partial charge is 0.382 e. The molecule has 104 valence electrons. The van der Waals surface area contributed by atoms with E-state index in [1.807, 2.05) is 12.1 Å². The second-order valence-corrected chi connectivity index (χ2v) is 3.98. The summed E-state index contributed by atoms with van der Waals surface area (Å²) in [6.07, 6.45) is 2.02. The van der Waals surface area contributed by atoms with Crippen molar-refractivity contribution in [2.24, 2.45) is 0 Å². The molecule has 0 unspecified atom stereocenters. The molecule has 0 atom stereocenters. The van der Waals surface area contributed by atoms with E-state index in [1.165, 1.54) is 4.63 Å². The maximum atomic E-state index is 5.37. The van der Waals surface area contributed by atoms with Crippen molar-refractivity contribution < 1.29 is 9.47 Å². The van der Waals surface area contributed by atoms with Crippen molar-refractivity contribution in [2.45, 2.75) is 12.8 Å². The molecule has 0 bridgehead atoms. The molecule has 8 heteroatoms. The number of aromatic nitrogens is 5. The Hall–Kier alpha value is -1.80. The Kier molecular flexibility index (Phi) is 5.45. The lowest BCUT2D eigenvalue weighted by Gasteiger charge is -2.05. The number of tetrazole rings is 1. The Labute approximate surface area is 111 Å². The standard InChI is InChI=1S/C11H18N6O2/c1-18-8-9-19-7-3-2-6-12-10-4-5-11-13-15-16-17(11)14-10/h4-5H,2-3,6-9H2,1H3,(H,12,14). The zero-order valence-electron chi connectivity index (χ0n) is 10.9. The first-order chi connectivity index (χ1) is 9.40. The minimum absolute atomic E-state index is 0.636. The molecule has 0 aliphatic carbocycles. The van der Waals surface area contributed by atoms with Crippen molar-refractivity contribution in [3.8, 4) is 0 Å². The number of hydrogen-bond acceptors (Lipinski definition) is 7. The van der Waals surface area contributed by atoms with E-state index < -0.39 is 0 Å². The molecule has 2 aromatic rings. The van der Waals surface area contributed by atoms with E-state index >= 15 is 0 Å². The van der Waals surface area contributed by atoms with E-state index in [0.717, 1.165) is 31.8 Å². The zero-order chi connectivity index (χ0) is 13.3. The second-order valence-electron chi connectivity index (χ2n) is 3.98. The van der Waals surface area contributed by atoms with Crippen LogP contribution in [0.3, 0.4) is 0 Å². The summed E-state index contributed by atoms with van der Waals surface area (Å²) in [7, 11) is 1.67. The van der Waals surface area contributed by atoms with Crippen LogP contribution in [-0.2, 0) is 9.47 Å². The SMILES string of the molecule is COCCOCCCCNc1ccc2nnnn2n1. The lowest BCUT2D eigenvalue weighted by molar-refractivity contribution is 0.0691. The summed E-state index contributed by atoms with van der Waals surface area (Å²) in [5, 5.41) is 18.5. The second kappa shape index (κ2) is 7.59. The predicted molar refractivity (Wildman–Crippen MR) is 69.0 cm³/mol. The molecule has 0 aromatic carbocycles. The van der Waals surface area contributed by atoms with Gasteiger partial charge >= 0.3 is 0 Å². The van der Waals surface area contributed by atoms with E-state index in [1.54, 1.807) is 7.11 Å². The topological polar surface area (TPSA) is 86.5 Å².